The number of rotatable bonds is 3. The van der Waals surface area contributed by atoms with E-state index in [9.17, 15) is 8.42 Å². The zero-order valence-electron chi connectivity index (χ0n) is 11.1. The fraction of sp³-hybridized carbons (Fsp3) is 0.571. The van der Waals surface area contributed by atoms with Crippen molar-refractivity contribution < 1.29 is 8.42 Å². The number of allylic oxidation sites excluding steroid dienone is 1. The quantitative estimate of drug-likeness (QED) is 0.872. The molecule has 104 valence electrons. The van der Waals surface area contributed by atoms with Gasteiger partial charge in [0, 0.05) is 10.9 Å². The molecule has 0 aliphatic heterocycles. The molecule has 2 bridgehead atoms. The Morgan fingerprint density at radius 3 is 2.42 bits per heavy atom. The molecule has 0 radical (unpaired) electrons. The summed E-state index contributed by atoms with van der Waals surface area (Å²) in [6, 6.07) is 3.67. The number of thiophene rings is 1. The zero-order chi connectivity index (χ0) is 13.6. The molecule has 1 aromatic heterocycles. The topological polar surface area (TPSA) is 46.2 Å². The summed E-state index contributed by atoms with van der Waals surface area (Å²) in [6.07, 6.45) is 4.21. The molecule has 2 unspecified atom stereocenters. The lowest BCUT2D eigenvalue weighted by molar-refractivity contribution is 0.332. The summed E-state index contributed by atoms with van der Waals surface area (Å²) in [5.74, 6) is 0.893. The average molecular weight is 297 g/mol. The lowest BCUT2D eigenvalue weighted by Crippen LogP contribution is -2.43. The molecule has 19 heavy (non-hydrogen) atoms. The van der Waals surface area contributed by atoms with E-state index in [0.717, 1.165) is 30.6 Å². The van der Waals surface area contributed by atoms with Crippen molar-refractivity contribution in [3.63, 3.8) is 0 Å². The number of nitrogens with one attached hydrogen (secondary N) is 1. The predicted molar refractivity (Wildman–Crippen MR) is 77.8 cm³/mol. The minimum Gasteiger partial charge on any atom is -0.207 e. The maximum Gasteiger partial charge on any atom is 0.250 e. The third-order valence-corrected chi connectivity index (χ3v) is 7.25. The molecular formula is C14H19NO2S2. The van der Waals surface area contributed by atoms with Crippen LogP contribution in [0.3, 0.4) is 0 Å². The first kappa shape index (κ1) is 13.3. The van der Waals surface area contributed by atoms with E-state index in [0.29, 0.717) is 16.0 Å². The smallest absolute Gasteiger partial charge is 0.207 e. The van der Waals surface area contributed by atoms with E-state index in [4.69, 9.17) is 0 Å². The molecule has 5 heteroatoms. The number of fused-ring (bicyclic) bond motifs is 2. The van der Waals surface area contributed by atoms with Crippen molar-refractivity contribution in [3.05, 3.63) is 29.2 Å². The summed E-state index contributed by atoms with van der Waals surface area (Å²) in [6.45, 7) is 6.00. The van der Waals surface area contributed by atoms with Crippen LogP contribution in [0.1, 0.15) is 30.6 Å². The lowest BCUT2D eigenvalue weighted by atomic mass is 9.82. The van der Waals surface area contributed by atoms with E-state index in [1.807, 2.05) is 13.0 Å². The van der Waals surface area contributed by atoms with E-state index in [1.165, 1.54) is 16.9 Å². The van der Waals surface area contributed by atoms with Gasteiger partial charge in [-0.1, -0.05) is 12.2 Å². The van der Waals surface area contributed by atoms with Gasteiger partial charge in [0.2, 0.25) is 10.0 Å². The Balaban J connectivity index is 1.80. The van der Waals surface area contributed by atoms with Crippen LogP contribution in [-0.2, 0) is 10.0 Å². The van der Waals surface area contributed by atoms with Gasteiger partial charge in [-0.2, -0.15) is 0 Å². The Morgan fingerprint density at radius 2 is 1.89 bits per heavy atom. The van der Waals surface area contributed by atoms with Crippen molar-refractivity contribution in [3.8, 4) is 0 Å². The van der Waals surface area contributed by atoms with Crippen LogP contribution >= 0.6 is 11.3 Å². The SMILES string of the molecule is C=C1CC2CCC(C1)C2NS(=O)(=O)c1ccc(C)s1. The second kappa shape index (κ2) is 4.72. The highest BCUT2D eigenvalue weighted by atomic mass is 32.2. The molecular weight excluding hydrogens is 278 g/mol. The first-order chi connectivity index (χ1) is 8.95. The highest BCUT2D eigenvalue weighted by Crippen LogP contribution is 2.44. The van der Waals surface area contributed by atoms with Crippen LogP contribution in [0.4, 0.5) is 0 Å². The monoisotopic (exact) mass is 297 g/mol. The van der Waals surface area contributed by atoms with Gasteiger partial charge in [0.1, 0.15) is 4.21 Å². The molecule has 0 spiro atoms. The first-order valence-corrected chi connectivity index (χ1v) is 9.01. The van der Waals surface area contributed by atoms with E-state index >= 15 is 0 Å². The Morgan fingerprint density at radius 1 is 1.26 bits per heavy atom. The molecule has 2 saturated carbocycles. The average Bonchev–Trinajstić information content (AvgIpc) is 2.83. The fourth-order valence-electron chi connectivity index (χ4n) is 3.44. The number of aryl methyl sites for hydroxylation is 1. The number of sulfonamides is 1. The summed E-state index contributed by atoms with van der Waals surface area (Å²) in [4.78, 5) is 1.03. The van der Waals surface area contributed by atoms with Crippen molar-refractivity contribution in [1.82, 2.24) is 4.72 Å². The molecule has 3 nitrogen and oxygen atoms in total. The summed E-state index contributed by atoms with van der Waals surface area (Å²) in [5.41, 5.74) is 1.29. The van der Waals surface area contributed by atoms with Gasteiger partial charge in [-0.15, -0.1) is 11.3 Å². The van der Waals surface area contributed by atoms with Crippen molar-refractivity contribution in [2.75, 3.05) is 0 Å². The Labute approximate surface area is 118 Å². The standard InChI is InChI=1S/C14H19NO2S2/c1-9-7-11-4-5-12(8-9)14(11)15-19(16,17)13-6-3-10(2)18-13/h3,6,11-12,14-15H,1,4-5,7-8H2,2H3. The highest BCUT2D eigenvalue weighted by Gasteiger charge is 2.42. The first-order valence-electron chi connectivity index (χ1n) is 6.71. The summed E-state index contributed by atoms with van der Waals surface area (Å²) in [7, 11) is -3.34. The Kier molecular flexibility index (Phi) is 3.31. The van der Waals surface area contributed by atoms with Gasteiger partial charge >= 0.3 is 0 Å². The third kappa shape index (κ3) is 2.51. The molecule has 0 saturated heterocycles. The van der Waals surface area contributed by atoms with Crippen molar-refractivity contribution in [1.29, 1.82) is 0 Å². The van der Waals surface area contributed by atoms with Gasteiger partial charge < -0.3 is 0 Å². The van der Waals surface area contributed by atoms with E-state index < -0.39 is 10.0 Å². The van der Waals surface area contributed by atoms with Crippen LogP contribution in [0.15, 0.2) is 28.5 Å². The molecule has 2 atom stereocenters. The Bertz CT molecular complexity index is 587. The third-order valence-electron chi connectivity index (χ3n) is 4.30. The molecule has 2 aliphatic carbocycles. The van der Waals surface area contributed by atoms with Crippen LogP contribution in [0.2, 0.25) is 0 Å². The zero-order valence-corrected chi connectivity index (χ0v) is 12.7. The Hall–Kier alpha value is -0.650. The van der Waals surface area contributed by atoms with E-state index in [1.54, 1.807) is 6.07 Å². The van der Waals surface area contributed by atoms with Crippen molar-refractivity contribution in [2.45, 2.75) is 42.9 Å². The minimum absolute atomic E-state index is 0.109. The normalized spacial score (nSPS) is 30.8. The van der Waals surface area contributed by atoms with Gasteiger partial charge in [-0.25, -0.2) is 13.1 Å². The van der Waals surface area contributed by atoms with Crippen molar-refractivity contribution >= 4 is 21.4 Å². The predicted octanol–water partition coefficient (Wildman–Crippen LogP) is 3.08. The van der Waals surface area contributed by atoms with Crippen LogP contribution in [-0.4, -0.2) is 14.5 Å². The largest absolute Gasteiger partial charge is 0.250 e. The summed E-state index contributed by atoms with van der Waals surface area (Å²) in [5, 5.41) is 0. The maximum absolute atomic E-state index is 12.4. The second-order valence-corrected chi connectivity index (χ2v) is 9.00. The molecule has 0 amide bonds. The summed E-state index contributed by atoms with van der Waals surface area (Å²) >= 11 is 1.34. The lowest BCUT2D eigenvalue weighted by Gasteiger charge is -2.31. The second-order valence-electron chi connectivity index (χ2n) is 5.77. The van der Waals surface area contributed by atoms with Crippen LogP contribution < -0.4 is 4.72 Å². The van der Waals surface area contributed by atoms with Gasteiger partial charge in [0.05, 0.1) is 0 Å². The van der Waals surface area contributed by atoms with Crippen LogP contribution in [0.25, 0.3) is 0 Å². The van der Waals surface area contributed by atoms with Gasteiger partial charge in [0.25, 0.3) is 0 Å². The minimum atomic E-state index is -3.34. The summed E-state index contributed by atoms with van der Waals surface area (Å²) < 4.78 is 28.2. The molecule has 3 rings (SSSR count). The van der Waals surface area contributed by atoms with Crippen molar-refractivity contribution in [2.24, 2.45) is 11.8 Å². The fourth-order valence-corrected chi connectivity index (χ4v) is 6.11. The highest BCUT2D eigenvalue weighted by molar-refractivity contribution is 7.91. The maximum atomic E-state index is 12.4. The molecule has 2 aliphatic rings. The number of hydrogen-bond donors (Lipinski definition) is 1. The molecule has 0 aromatic carbocycles. The van der Waals surface area contributed by atoms with Gasteiger partial charge in [-0.3, -0.25) is 0 Å². The number of hydrogen-bond acceptors (Lipinski definition) is 3. The molecule has 1 heterocycles. The molecule has 1 N–H and O–H groups in total. The van der Waals surface area contributed by atoms with Gasteiger partial charge in [-0.05, 0) is 56.6 Å². The van der Waals surface area contributed by atoms with E-state index in [-0.39, 0.29) is 6.04 Å². The van der Waals surface area contributed by atoms with Gasteiger partial charge in [0.15, 0.2) is 0 Å². The van der Waals surface area contributed by atoms with Crippen LogP contribution in [0, 0.1) is 18.8 Å². The van der Waals surface area contributed by atoms with E-state index in [2.05, 4.69) is 11.3 Å². The molecule has 1 aromatic rings. The van der Waals surface area contributed by atoms with Crippen LogP contribution in [0.5, 0.6) is 0 Å². The molecule has 2 fully saturated rings.